The first-order valence-corrected chi connectivity index (χ1v) is 10.4. The summed E-state index contributed by atoms with van der Waals surface area (Å²) in [4.78, 5) is 8.53. The van der Waals surface area contributed by atoms with E-state index >= 15 is 0 Å². The van der Waals surface area contributed by atoms with Crippen LogP contribution in [0.15, 0.2) is 54.9 Å². The Morgan fingerprint density at radius 1 is 1.06 bits per heavy atom. The average molecular weight is 454 g/mol. The van der Waals surface area contributed by atoms with Crippen molar-refractivity contribution in [2.45, 2.75) is 32.4 Å². The molecule has 0 aliphatic heterocycles. The van der Waals surface area contributed by atoms with E-state index in [2.05, 4.69) is 20.4 Å². The number of benzene rings is 1. The third kappa shape index (κ3) is 5.28. The fraction of sp³-hybridized carbons (Fsp3) is 0.261. The molecule has 0 saturated heterocycles. The highest BCUT2D eigenvalue weighted by Crippen LogP contribution is 2.35. The van der Waals surface area contributed by atoms with Gasteiger partial charge in [-0.25, -0.2) is 23.4 Å². The summed E-state index contributed by atoms with van der Waals surface area (Å²) in [6.45, 7) is 2.10. The topological polar surface area (TPSA) is 100 Å². The molecule has 0 spiro atoms. The molecule has 33 heavy (non-hydrogen) atoms. The van der Waals surface area contributed by atoms with Crippen LogP contribution in [0.25, 0.3) is 11.0 Å². The number of nitrogens with two attached hydrogens (primary N) is 1. The van der Waals surface area contributed by atoms with Crippen molar-refractivity contribution in [3.8, 4) is 17.2 Å². The van der Waals surface area contributed by atoms with Crippen LogP contribution in [0.4, 0.5) is 20.4 Å². The molecule has 0 radical (unpaired) electrons. The van der Waals surface area contributed by atoms with Crippen LogP contribution in [0.2, 0.25) is 0 Å². The van der Waals surface area contributed by atoms with Crippen molar-refractivity contribution in [2.24, 2.45) is 0 Å². The van der Waals surface area contributed by atoms with Crippen LogP contribution in [0, 0.1) is 0 Å². The number of aromatic nitrogens is 4. The molecule has 8 nitrogen and oxygen atoms in total. The molecule has 0 fully saturated rings. The third-order valence-electron chi connectivity index (χ3n) is 4.99. The number of methoxy groups -OCH3 is 1. The van der Waals surface area contributed by atoms with Crippen LogP contribution in [0.5, 0.6) is 17.2 Å². The van der Waals surface area contributed by atoms with Gasteiger partial charge in [-0.15, -0.1) is 0 Å². The number of hydrogen-bond acceptors (Lipinski definition) is 7. The van der Waals surface area contributed by atoms with Gasteiger partial charge >= 0.3 is 0 Å². The van der Waals surface area contributed by atoms with Gasteiger partial charge < -0.3 is 20.5 Å². The molecule has 10 heteroatoms. The van der Waals surface area contributed by atoms with Gasteiger partial charge in [-0.2, -0.15) is 5.10 Å². The quantitative estimate of drug-likeness (QED) is 0.378. The summed E-state index contributed by atoms with van der Waals surface area (Å²) >= 11 is 0. The van der Waals surface area contributed by atoms with E-state index in [1.807, 2.05) is 24.3 Å². The van der Waals surface area contributed by atoms with E-state index in [1.165, 1.54) is 6.20 Å². The van der Waals surface area contributed by atoms with Crippen LogP contribution in [-0.4, -0.2) is 39.3 Å². The van der Waals surface area contributed by atoms with Crippen molar-refractivity contribution in [1.29, 1.82) is 0 Å². The van der Waals surface area contributed by atoms with Gasteiger partial charge in [0.25, 0.3) is 0 Å². The molecule has 1 aromatic carbocycles. The molecule has 0 aliphatic carbocycles. The largest absolute Gasteiger partial charge is 0.497 e. The van der Waals surface area contributed by atoms with Gasteiger partial charge in [-0.05, 0) is 36.8 Å². The first-order chi connectivity index (χ1) is 15.9. The number of nitrogens with one attached hydrogen (secondary N) is 1. The second-order valence-electron chi connectivity index (χ2n) is 7.56. The Hall–Kier alpha value is -3.95. The average Bonchev–Trinajstić information content (AvgIpc) is 3.13. The number of nitrogen functional groups attached to an aromatic ring is 1. The number of rotatable bonds is 9. The lowest BCUT2D eigenvalue weighted by Gasteiger charge is -2.13. The highest BCUT2D eigenvalue weighted by atomic mass is 19.3. The summed E-state index contributed by atoms with van der Waals surface area (Å²) in [6.07, 6.45) is 0.372. The number of halogens is 2. The van der Waals surface area contributed by atoms with Gasteiger partial charge in [0, 0.05) is 24.7 Å². The Morgan fingerprint density at radius 2 is 1.82 bits per heavy atom. The standard InChI is InChI=1S/C23H24F2N6O2/c1-14(11-19(24)25)29-22-21-18(33-17-7-8-20(26)28-12-17)9-10-27-23(21)31(30-22)13-15-3-5-16(32-2)6-4-15/h3-10,12,14,19H,11,13H2,1-2H3,(H2,26,28)(H,29,30). The number of nitrogens with zero attached hydrogens (tertiary/aromatic N) is 4. The van der Waals surface area contributed by atoms with Gasteiger partial charge in [0.05, 0.1) is 19.9 Å². The van der Waals surface area contributed by atoms with Gasteiger partial charge in [-0.1, -0.05) is 12.1 Å². The molecule has 0 bridgehead atoms. The van der Waals surface area contributed by atoms with Crippen molar-refractivity contribution >= 4 is 22.7 Å². The zero-order valence-corrected chi connectivity index (χ0v) is 18.2. The van der Waals surface area contributed by atoms with Crippen LogP contribution in [-0.2, 0) is 6.54 Å². The van der Waals surface area contributed by atoms with Crippen molar-refractivity contribution in [2.75, 3.05) is 18.2 Å². The van der Waals surface area contributed by atoms with E-state index in [4.69, 9.17) is 15.2 Å². The molecule has 0 saturated carbocycles. The monoisotopic (exact) mass is 454 g/mol. The molecule has 0 amide bonds. The Morgan fingerprint density at radius 3 is 2.48 bits per heavy atom. The number of ether oxygens (including phenoxy) is 2. The second-order valence-corrected chi connectivity index (χ2v) is 7.56. The summed E-state index contributed by atoms with van der Waals surface area (Å²) in [5, 5.41) is 8.32. The van der Waals surface area contributed by atoms with Crippen molar-refractivity contribution < 1.29 is 18.3 Å². The third-order valence-corrected chi connectivity index (χ3v) is 4.99. The van der Waals surface area contributed by atoms with Gasteiger partial charge in [0.2, 0.25) is 6.43 Å². The molecule has 1 atom stereocenters. The normalized spacial score (nSPS) is 12.2. The van der Waals surface area contributed by atoms with E-state index in [0.717, 1.165) is 11.3 Å². The van der Waals surface area contributed by atoms with E-state index < -0.39 is 12.5 Å². The number of hydrogen-bond donors (Lipinski definition) is 2. The fourth-order valence-electron chi connectivity index (χ4n) is 3.41. The highest BCUT2D eigenvalue weighted by Gasteiger charge is 2.20. The number of alkyl halides is 2. The smallest absolute Gasteiger partial charge is 0.240 e. The van der Waals surface area contributed by atoms with E-state index in [9.17, 15) is 8.78 Å². The van der Waals surface area contributed by atoms with Crippen LogP contribution in [0.3, 0.4) is 0 Å². The van der Waals surface area contributed by atoms with Crippen LogP contribution >= 0.6 is 0 Å². The molecule has 3 aromatic heterocycles. The van der Waals surface area contributed by atoms with Crippen molar-refractivity contribution in [1.82, 2.24) is 19.7 Å². The second kappa shape index (κ2) is 9.68. The van der Waals surface area contributed by atoms with E-state index in [0.29, 0.717) is 40.7 Å². The summed E-state index contributed by atoms with van der Waals surface area (Å²) in [6, 6.07) is 12.1. The molecule has 4 aromatic rings. The molecule has 1 unspecified atom stereocenters. The molecular formula is C23H24F2N6O2. The lowest BCUT2D eigenvalue weighted by molar-refractivity contribution is 0.133. The van der Waals surface area contributed by atoms with E-state index in [-0.39, 0.29) is 6.42 Å². The van der Waals surface area contributed by atoms with Crippen molar-refractivity contribution in [3.63, 3.8) is 0 Å². The lowest BCUT2D eigenvalue weighted by atomic mass is 10.2. The van der Waals surface area contributed by atoms with Crippen LogP contribution in [0.1, 0.15) is 18.9 Å². The predicted octanol–water partition coefficient (Wildman–Crippen LogP) is 4.71. The minimum atomic E-state index is -2.44. The number of pyridine rings is 2. The Balaban J connectivity index is 1.73. The Labute approximate surface area is 189 Å². The Kier molecular flexibility index (Phi) is 6.53. The summed E-state index contributed by atoms with van der Waals surface area (Å²) in [5.41, 5.74) is 7.18. The zero-order valence-electron chi connectivity index (χ0n) is 18.2. The molecular weight excluding hydrogens is 430 g/mol. The number of anilines is 2. The van der Waals surface area contributed by atoms with Gasteiger partial charge in [0.1, 0.15) is 28.5 Å². The maximum atomic E-state index is 12.9. The predicted molar refractivity (Wildman–Crippen MR) is 122 cm³/mol. The maximum Gasteiger partial charge on any atom is 0.240 e. The fourth-order valence-corrected chi connectivity index (χ4v) is 3.41. The summed E-state index contributed by atoms with van der Waals surface area (Å²) in [7, 11) is 1.61. The van der Waals surface area contributed by atoms with E-state index in [1.54, 1.807) is 43.1 Å². The maximum absolute atomic E-state index is 12.9. The summed E-state index contributed by atoms with van der Waals surface area (Å²) in [5.74, 6) is 2.49. The molecule has 4 rings (SSSR count). The highest BCUT2D eigenvalue weighted by molar-refractivity contribution is 5.93. The molecule has 172 valence electrons. The first kappa shape index (κ1) is 22.3. The Bertz CT molecular complexity index is 1210. The summed E-state index contributed by atoms with van der Waals surface area (Å²) < 4.78 is 38.8. The van der Waals surface area contributed by atoms with Crippen LogP contribution < -0.4 is 20.5 Å². The molecule has 3 heterocycles. The first-order valence-electron chi connectivity index (χ1n) is 10.4. The SMILES string of the molecule is COc1ccc(Cn2nc(NC(C)CC(F)F)c3c(Oc4ccc(N)nc4)ccnc32)cc1. The lowest BCUT2D eigenvalue weighted by Crippen LogP contribution is -2.19. The molecule has 0 aliphatic rings. The minimum absolute atomic E-state index is 0.314. The number of fused-ring (bicyclic) bond motifs is 1. The molecule has 3 N–H and O–H groups in total. The minimum Gasteiger partial charge on any atom is -0.497 e. The van der Waals surface area contributed by atoms with Gasteiger partial charge in [-0.3, -0.25) is 0 Å². The van der Waals surface area contributed by atoms with Crippen molar-refractivity contribution in [3.05, 3.63) is 60.4 Å². The zero-order chi connectivity index (χ0) is 23.4. The van der Waals surface area contributed by atoms with Gasteiger partial charge in [0.15, 0.2) is 11.5 Å².